The topological polar surface area (TPSA) is 81.3 Å². The molecule has 0 aliphatic heterocycles. The Morgan fingerprint density at radius 2 is 2.04 bits per heavy atom. The number of nitrogens with zero attached hydrogens (tertiary/aromatic N) is 3. The Kier molecular flexibility index (Phi) is 5.20. The Labute approximate surface area is 157 Å². The van der Waals surface area contributed by atoms with Crippen LogP contribution in [0.15, 0.2) is 34.9 Å². The van der Waals surface area contributed by atoms with Gasteiger partial charge >= 0.3 is 0 Å². The monoisotopic (exact) mass is 457 g/mol. The smallest absolute Gasteiger partial charge is 0.258 e. The first-order valence-corrected chi connectivity index (χ1v) is 8.66. The van der Waals surface area contributed by atoms with E-state index in [-0.39, 0.29) is 10.9 Å². The maximum Gasteiger partial charge on any atom is 0.258 e. The van der Waals surface area contributed by atoms with Crippen molar-refractivity contribution in [1.29, 1.82) is 0 Å². The fraction of sp³-hybridized carbons (Fsp3) is 0.188. The molecule has 6 nitrogen and oxygen atoms in total. The van der Waals surface area contributed by atoms with Gasteiger partial charge in [0.15, 0.2) is 0 Å². The van der Waals surface area contributed by atoms with Crippen LogP contribution in [0.5, 0.6) is 11.6 Å². The van der Waals surface area contributed by atoms with E-state index in [0.717, 1.165) is 12.0 Å². The zero-order valence-corrected chi connectivity index (χ0v) is 15.6. The van der Waals surface area contributed by atoms with E-state index in [1.165, 1.54) is 0 Å². The van der Waals surface area contributed by atoms with Crippen LogP contribution in [0.25, 0.3) is 22.8 Å². The second-order valence-electron chi connectivity index (χ2n) is 4.95. The van der Waals surface area contributed by atoms with Crippen molar-refractivity contribution in [1.82, 2.24) is 15.1 Å². The van der Waals surface area contributed by atoms with Crippen LogP contribution < -0.4 is 4.74 Å². The van der Waals surface area contributed by atoms with Gasteiger partial charge in [-0.3, -0.25) is 0 Å². The fourth-order valence-corrected chi connectivity index (χ4v) is 2.70. The first-order valence-electron chi connectivity index (χ1n) is 7.20. The van der Waals surface area contributed by atoms with Crippen LogP contribution in [0.4, 0.5) is 0 Å². The van der Waals surface area contributed by atoms with Gasteiger partial charge in [0, 0.05) is 17.2 Å². The van der Waals surface area contributed by atoms with Gasteiger partial charge in [-0.1, -0.05) is 23.7 Å². The number of pyridine rings is 1. The molecule has 0 amide bonds. The summed E-state index contributed by atoms with van der Waals surface area (Å²) >= 11 is 8.07. The van der Waals surface area contributed by atoms with Crippen LogP contribution in [0, 0.1) is 3.57 Å². The van der Waals surface area contributed by atoms with E-state index in [2.05, 4.69) is 15.1 Å². The molecule has 24 heavy (non-hydrogen) atoms. The molecular weight excluding hydrogens is 445 g/mol. The molecule has 3 aromatic rings. The lowest BCUT2D eigenvalue weighted by Crippen LogP contribution is -1.97. The first-order chi connectivity index (χ1) is 11.6. The summed E-state index contributed by atoms with van der Waals surface area (Å²) in [6.07, 6.45) is 0.869. The van der Waals surface area contributed by atoms with Crippen LogP contribution in [-0.2, 0) is 0 Å². The summed E-state index contributed by atoms with van der Waals surface area (Å²) in [6.45, 7) is 2.56. The summed E-state index contributed by atoms with van der Waals surface area (Å²) in [7, 11) is 0. The number of rotatable bonds is 5. The summed E-state index contributed by atoms with van der Waals surface area (Å²) in [5, 5.41) is 13.9. The van der Waals surface area contributed by atoms with Gasteiger partial charge in [-0.2, -0.15) is 4.98 Å². The molecule has 1 N–H and O–H groups in total. The third-order valence-corrected chi connectivity index (χ3v) is 4.16. The molecular formula is C16H13ClIN3O3. The molecule has 0 atom stereocenters. The van der Waals surface area contributed by atoms with Crippen molar-refractivity contribution in [3.05, 3.63) is 39.1 Å². The normalized spacial score (nSPS) is 10.8. The lowest BCUT2D eigenvalue weighted by Gasteiger charge is -2.04. The van der Waals surface area contributed by atoms with Crippen molar-refractivity contribution in [2.24, 2.45) is 0 Å². The number of aromatic nitrogens is 3. The predicted octanol–water partition coefficient (Wildman–Crippen LogP) is 4.55. The van der Waals surface area contributed by atoms with Gasteiger partial charge in [-0.05, 0) is 53.3 Å². The average molecular weight is 458 g/mol. The van der Waals surface area contributed by atoms with Crippen LogP contribution in [0.3, 0.4) is 0 Å². The molecule has 0 aliphatic rings. The number of benzene rings is 1. The van der Waals surface area contributed by atoms with Crippen LogP contribution in [-0.4, -0.2) is 26.8 Å². The fourth-order valence-electron chi connectivity index (χ4n) is 1.98. The Morgan fingerprint density at radius 3 is 2.79 bits per heavy atom. The number of halogens is 2. The van der Waals surface area contributed by atoms with Gasteiger partial charge < -0.3 is 14.4 Å². The molecule has 0 fully saturated rings. The van der Waals surface area contributed by atoms with Crippen molar-refractivity contribution < 1.29 is 14.4 Å². The predicted molar refractivity (Wildman–Crippen MR) is 98.1 cm³/mol. The SMILES string of the molecule is CCCOc1cc(-c2nc(-c3ccc(O)c(I)c3)no2)cc(Cl)n1. The van der Waals surface area contributed by atoms with Gasteiger partial charge in [0.1, 0.15) is 10.9 Å². The number of hydrogen-bond donors (Lipinski definition) is 1. The van der Waals surface area contributed by atoms with Gasteiger partial charge in [0.25, 0.3) is 5.89 Å². The van der Waals surface area contributed by atoms with Gasteiger partial charge in [0.2, 0.25) is 11.7 Å². The average Bonchev–Trinajstić information content (AvgIpc) is 3.05. The molecule has 0 saturated carbocycles. The maximum absolute atomic E-state index is 9.60. The molecule has 3 rings (SSSR count). The highest BCUT2D eigenvalue weighted by atomic mass is 127. The molecule has 0 saturated heterocycles. The Balaban J connectivity index is 1.92. The van der Waals surface area contributed by atoms with Crippen LogP contribution in [0.1, 0.15) is 13.3 Å². The molecule has 8 heteroatoms. The van der Waals surface area contributed by atoms with Crippen molar-refractivity contribution >= 4 is 34.2 Å². The van der Waals surface area contributed by atoms with Gasteiger partial charge in [-0.15, -0.1) is 0 Å². The summed E-state index contributed by atoms with van der Waals surface area (Å²) in [5.41, 5.74) is 1.38. The highest BCUT2D eigenvalue weighted by Gasteiger charge is 2.14. The van der Waals surface area contributed by atoms with E-state index in [1.807, 2.05) is 29.5 Å². The van der Waals surface area contributed by atoms with E-state index in [9.17, 15) is 5.11 Å². The van der Waals surface area contributed by atoms with Gasteiger partial charge in [0.05, 0.1) is 10.2 Å². The Bertz CT molecular complexity index is 870. The number of hydrogen-bond acceptors (Lipinski definition) is 6. The molecule has 124 valence electrons. The highest BCUT2D eigenvalue weighted by molar-refractivity contribution is 14.1. The highest BCUT2D eigenvalue weighted by Crippen LogP contribution is 2.29. The van der Waals surface area contributed by atoms with Crippen molar-refractivity contribution in [3.8, 4) is 34.5 Å². The first kappa shape index (κ1) is 17.0. The third-order valence-electron chi connectivity index (χ3n) is 3.10. The molecule has 0 aliphatic carbocycles. The molecule has 2 aromatic heterocycles. The van der Waals surface area contributed by atoms with Crippen LogP contribution in [0.2, 0.25) is 5.15 Å². The molecule has 1 aromatic carbocycles. The van der Waals surface area contributed by atoms with Crippen molar-refractivity contribution in [2.45, 2.75) is 13.3 Å². The third kappa shape index (κ3) is 3.78. The van der Waals surface area contributed by atoms with E-state index in [1.54, 1.807) is 30.3 Å². The van der Waals surface area contributed by atoms with E-state index in [0.29, 0.717) is 33.3 Å². The van der Waals surface area contributed by atoms with E-state index < -0.39 is 0 Å². The summed E-state index contributed by atoms with van der Waals surface area (Å²) in [6, 6.07) is 8.44. The molecule has 2 heterocycles. The lowest BCUT2D eigenvalue weighted by atomic mass is 10.2. The second-order valence-corrected chi connectivity index (χ2v) is 6.50. The lowest BCUT2D eigenvalue weighted by molar-refractivity contribution is 0.305. The number of phenolic OH excluding ortho intramolecular Hbond substituents is 1. The largest absolute Gasteiger partial charge is 0.507 e. The van der Waals surface area contributed by atoms with Gasteiger partial charge in [-0.25, -0.2) is 4.98 Å². The summed E-state index contributed by atoms with van der Waals surface area (Å²) in [4.78, 5) is 8.49. The maximum atomic E-state index is 9.60. The van der Waals surface area contributed by atoms with E-state index >= 15 is 0 Å². The van der Waals surface area contributed by atoms with Crippen LogP contribution >= 0.6 is 34.2 Å². The van der Waals surface area contributed by atoms with Crippen molar-refractivity contribution in [2.75, 3.05) is 6.61 Å². The second kappa shape index (κ2) is 7.35. The minimum absolute atomic E-state index is 0.210. The number of ether oxygens (including phenoxy) is 1. The molecule has 0 spiro atoms. The molecule has 0 bridgehead atoms. The Morgan fingerprint density at radius 1 is 1.21 bits per heavy atom. The minimum atomic E-state index is 0.210. The minimum Gasteiger partial charge on any atom is -0.507 e. The molecule has 0 unspecified atom stereocenters. The number of aromatic hydroxyl groups is 1. The number of phenols is 1. The Hall–Kier alpha value is -1.87. The van der Waals surface area contributed by atoms with E-state index in [4.69, 9.17) is 20.9 Å². The standard InChI is InChI=1S/C16H13ClIN3O3/c1-2-5-23-14-8-10(7-13(17)19-14)16-20-15(21-24-16)9-3-4-12(22)11(18)6-9/h3-4,6-8,22H,2,5H2,1H3. The van der Waals surface area contributed by atoms with Crippen molar-refractivity contribution in [3.63, 3.8) is 0 Å². The summed E-state index contributed by atoms with van der Waals surface area (Å²) < 4.78 is 11.5. The zero-order valence-electron chi connectivity index (χ0n) is 12.7. The quantitative estimate of drug-likeness (QED) is 0.447. The molecule has 0 radical (unpaired) electrons. The zero-order chi connectivity index (χ0) is 17.1. The summed E-state index contributed by atoms with van der Waals surface area (Å²) in [5.74, 6) is 1.37.